The predicted octanol–water partition coefficient (Wildman–Crippen LogP) is 4.46. The van der Waals surface area contributed by atoms with Crippen LogP contribution in [0.5, 0.6) is 5.75 Å². The first kappa shape index (κ1) is 24.1. The summed E-state index contributed by atoms with van der Waals surface area (Å²) in [6.45, 7) is 6.54. The van der Waals surface area contributed by atoms with Crippen LogP contribution in [0.3, 0.4) is 0 Å². The molecule has 1 N–H and O–H groups in total. The molecular formula is C28H32N2O3. The largest absolute Gasteiger partial charge is 0.483 e. The average Bonchev–Trinajstić information content (AvgIpc) is 2.82. The van der Waals surface area contributed by atoms with Crippen molar-refractivity contribution in [3.63, 3.8) is 0 Å². The SMILES string of the molecule is CCNC(=O)[C@H](Cc1ccccc1)N(Cc1ccccc1)C(=O)COc1ccc(C)cc1C. The Morgan fingerprint density at radius 2 is 1.55 bits per heavy atom. The fraction of sp³-hybridized carbons (Fsp3) is 0.286. The van der Waals surface area contributed by atoms with Gasteiger partial charge in [-0.3, -0.25) is 9.59 Å². The Morgan fingerprint density at radius 1 is 0.909 bits per heavy atom. The lowest BCUT2D eigenvalue weighted by molar-refractivity contribution is -0.142. The normalized spacial score (nSPS) is 11.5. The number of aryl methyl sites for hydroxylation is 2. The highest BCUT2D eigenvalue weighted by molar-refractivity contribution is 5.88. The second-order valence-electron chi connectivity index (χ2n) is 8.16. The van der Waals surface area contributed by atoms with E-state index in [1.807, 2.05) is 99.6 Å². The topological polar surface area (TPSA) is 58.6 Å². The van der Waals surface area contributed by atoms with Crippen LogP contribution in [-0.4, -0.2) is 35.9 Å². The lowest BCUT2D eigenvalue weighted by Gasteiger charge is -2.31. The number of benzene rings is 3. The minimum atomic E-state index is -0.650. The summed E-state index contributed by atoms with van der Waals surface area (Å²) >= 11 is 0. The van der Waals surface area contributed by atoms with Gasteiger partial charge in [0.25, 0.3) is 5.91 Å². The molecule has 3 aromatic rings. The molecule has 5 heteroatoms. The second-order valence-corrected chi connectivity index (χ2v) is 8.16. The molecule has 3 aromatic carbocycles. The fourth-order valence-electron chi connectivity index (χ4n) is 3.81. The van der Waals surface area contributed by atoms with Gasteiger partial charge in [0.05, 0.1) is 0 Å². The molecule has 0 heterocycles. The van der Waals surface area contributed by atoms with Crippen LogP contribution in [0.15, 0.2) is 78.9 Å². The zero-order chi connectivity index (χ0) is 23.6. The molecule has 1 atom stereocenters. The molecular weight excluding hydrogens is 412 g/mol. The summed E-state index contributed by atoms with van der Waals surface area (Å²) in [6, 6.07) is 24.7. The van der Waals surface area contributed by atoms with Crippen molar-refractivity contribution in [3.05, 3.63) is 101 Å². The fourth-order valence-corrected chi connectivity index (χ4v) is 3.81. The molecule has 0 aliphatic heterocycles. The van der Waals surface area contributed by atoms with E-state index < -0.39 is 6.04 Å². The van der Waals surface area contributed by atoms with E-state index in [1.165, 1.54) is 0 Å². The second kappa shape index (κ2) is 11.9. The Labute approximate surface area is 196 Å². The van der Waals surface area contributed by atoms with Gasteiger partial charge in [0, 0.05) is 19.5 Å². The van der Waals surface area contributed by atoms with Crippen molar-refractivity contribution in [3.8, 4) is 5.75 Å². The maximum absolute atomic E-state index is 13.5. The third kappa shape index (κ3) is 6.94. The summed E-state index contributed by atoms with van der Waals surface area (Å²) < 4.78 is 5.89. The number of amides is 2. The Balaban J connectivity index is 1.87. The molecule has 2 amide bonds. The van der Waals surface area contributed by atoms with E-state index in [4.69, 9.17) is 4.74 Å². The highest BCUT2D eigenvalue weighted by Crippen LogP contribution is 2.20. The van der Waals surface area contributed by atoms with Crippen molar-refractivity contribution in [2.75, 3.05) is 13.2 Å². The van der Waals surface area contributed by atoms with Gasteiger partial charge in [-0.15, -0.1) is 0 Å². The molecule has 0 unspecified atom stereocenters. The van der Waals surface area contributed by atoms with Crippen LogP contribution in [0.1, 0.15) is 29.2 Å². The van der Waals surface area contributed by atoms with Crippen LogP contribution in [0.4, 0.5) is 0 Å². The molecule has 0 aliphatic carbocycles. The molecule has 0 saturated heterocycles. The van der Waals surface area contributed by atoms with Crippen molar-refractivity contribution in [2.24, 2.45) is 0 Å². The monoisotopic (exact) mass is 444 g/mol. The van der Waals surface area contributed by atoms with Gasteiger partial charge < -0.3 is 15.0 Å². The van der Waals surface area contributed by atoms with Crippen LogP contribution in [0, 0.1) is 13.8 Å². The van der Waals surface area contributed by atoms with Gasteiger partial charge in [-0.2, -0.15) is 0 Å². The number of ether oxygens (including phenoxy) is 1. The number of hydrogen-bond donors (Lipinski definition) is 1. The van der Waals surface area contributed by atoms with E-state index in [2.05, 4.69) is 5.32 Å². The summed E-state index contributed by atoms with van der Waals surface area (Å²) in [5.74, 6) is 0.273. The Kier molecular flexibility index (Phi) is 8.64. The lowest BCUT2D eigenvalue weighted by Crippen LogP contribution is -2.51. The molecule has 0 spiro atoms. The lowest BCUT2D eigenvalue weighted by atomic mass is 10.0. The predicted molar refractivity (Wildman–Crippen MR) is 131 cm³/mol. The van der Waals surface area contributed by atoms with E-state index in [9.17, 15) is 9.59 Å². The standard InChI is InChI=1S/C28H32N2O3/c1-4-29-28(32)25(18-23-11-7-5-8-12-23)30(19-24-13-9-6-10-14-24)27(31)20-33-26-16-15-21(2)17-22(26)3/h5-17,25H,4,18-20H2,1-3H3,(H,29,32)/t25-/m0/s1. The summed E-state index contributed by atoms with van der Waals surface area (Å²) in [5, 5.41) is 2.90. The third-order valence-corrected chi connectivity index (χ3v) is 5.50. The summed E-state index contributed by atoms with van der Waals surface area (Å²) in [6.07, 6.45) is 0.425. The van der Waals surface area contributed by atoms with Gasteiger partial charge in [-0.05, 0) is 43.5 Å². The average molecular weight is 445 g/mol. The van der Waals surface area contributed by atoms with Gasteiger partial charge in [-0.1, -0.05) is 78.4 Å². The molecule has 0 aliphatic rings. The quantitative estimate of drug-likeness (QED) is 0.502. The van der Waals surface area contributed by atoms with Gasteiger partial charge in [-0.25, -0.2) is 0 Å². The van der Waals surface area contributed by atoms with Gasteiger partial charge >= 0.3 is 0 Å². The molecule has 0 saturated carbocycles. The number of carbonyl (C=O) groups is 2. The molecule has 0 bridgehead atoms. The summed E-state index contributed by atoms with van der Waals surface area (Å²) in [7, 11) is 0. The van der Waals surface area contributed by atoms with E-state index in [-0.39, 0.29) is 18.4 Å². The molecule has 33 heavy (non-hydrogen) atoms. The zero-order valence-corrected chi connectivity index (χ0v) is 19.6. The molecule has 0 radical (unpaired) electrons. The molecule has 172 valence electrons. The maximum atomic E-state index is 13.5. The van der Waals surface area contributed by atoms with Crippen molar-refractivity contribution in [1.29, 1.82) is 0 Å². The zero-order valence-electron chi connectivity index (χ0n) is 19.6. The van der Waals surface area contributed by atoms with Gasteiger partial charge in [0.2, 0.25) is 5.91 Å². The van der Waals surface area contributed by atoms with E-state index in [0.29, 0.717) is 25.3 Å². The maximum Gasteiger partial charge on any atom is 0.261 e. The van der Waals surface area contributed by atoms with E-state index in [1.54, 1.807) is 4.90 Å². The first-order valence-electron chi connectivity index (χ1n) is 11.3. The Morgan fingerprint density at radius 3 is 2.15 bits per heavy atom. The summed E-state index contributed by atoms with van der Waals surface area (Å²) in [5.41, 5.74) is 4.06. The van der Waals surface area contributed by atoms with Gasteiger partial charge in [0.15, 0.2) is 6.61 Å². The molecule has 3 rings (SSSR count). The summed E-state index contributed by atoms with van der Waals surface area (Å²) in [4.78, 5) is 28.2. The third-order valence-electron chi connectivity index (χ3n) is 5.50. The number of carbonyl (C=O) groups excluding carboxylic acids is 2. The highest BCUT2D eigenvalue weighted by Gasteiger charge is 2.30. The highest BCUT2D eigenvalue weighted by atomic mass is 16.5. The van der Waals surface area contributed by atoms with Crippen molar-refractivity contribution in [1.82, 2.24) is 10.2 Å². The minimum absolute atomic E-state index is 0.137. The van der Waals surface area contributed by atoms with Crippen molar-refractivity contribution < 1.29 is 14.3 Å². The molecule has 0 fully saturated rings. The van der Waals surface area contributed by atoms with Crippen LogP contribution >= 0.6 is 0 Å². The van der Waals surface area contributed by atoms with Gasteiger partial charge in [0.1, 0.15) is 11.8 Å². The van der Waals surface area contributed by atoms with Crippen LogP contribution in [-0.2, 0) is 22.6 Å². The van der Waals surface area contributed by atoms with Crippen LogP contribution in [0.25, 0.3) is 0 Å². The minimum Gasteiger partial charge on any atom is -0.483 e. The van der Waals surface area contributed by atoms with Crippen molar-refractivity contribution >= 4 is 11.8 Å². The number of nitrogens with zero attached hydrogens (tertiary/aromatic N) is 1. The number of hydrogen-bond acceptors (Lipinski definition) is 3. The number of rotatable bonds is 10. The number of nitrogens with one attached hydrogen (secondary N) is 1. The first-order chi connectivity index (χ1) is 16.0. The smallest absolute Gasteiger partial charge is 0.261 e. The van der Waals surface area contributed by atoms with E-state index in [0.717, 1.165) is 22.3 Å². The van der Waals surface area contributed by atoms with Crippen molar-refractivity contribution in [2.45, 2.75) is 39.8 Å². The first-order valence-corrected chi connectivity index (χ1v) is 11.3. The van der Waals surface area contributed by atoms with Crippen LogP contribution in [0.2, 0.25) is 0 Å². The number of likely N-dealkylation sites (N-methyl/N-ethyl adjacent to an activating group) is 1. The molecule has 0 aromatic heterocycles. The Bertz CT molecular complexity index is 1050. The van der Waals surface area contributed by atoms with E-state index >= 15 is 0 Å². The molecule has 5 nitrogen and oxygen atoms in total. The van der Waals surface area contributed by atoms with Crippen LogP contribution < -0.4 is 10.1 Å². The Hall–Kier alpha value is -3.60.